The van der Waals surface area contributed by atoms with Crippen molar-refractivity contribution in [2.45, 2.75) is 25.2 Å². The number of rotatable bonds is 6. The summed E-state index contributed by atoms with van der Waals surface area (Å²) in [6, 6.07) is 0. The SMILES string of the molecule is CCN(CC)C(=O)CN1CCCN(S(=O)(=O)c2cnn(C)c2)CC1. The molecule has 9 heteroatoms. The predicted octanol–water partition coefficient (Wildman–Crippen LogP) is -0.0151. The number of likely N-dealkylation sites (N-methyl/N-ethyl adjacent to an activating group) is 1. The molecular formula is C15H27N5O3S. The van der Waals surface area contributed by atoms with Crippen LogP contribution in [0.25, 0.3) is 0 Å². The van der Waals surface area contributed by atoms with Gasteiger partial charge in [-0.15, -0.1) is 0 Å². The molecule has 0 aliphatic carbocycles. The van der Waals surface area contributed by atoms with E-state index in [0.717, 1.165) is 6.54 Å². The first-order chi connectivity index (χ1) is 11.4. The minimum atomic E-state index is -3.51. The van der Waals surface area contributed by atoms with Crippen LogP contribution >= 0.6 is 0 Å². The first kappa shape index (κ1) is 18.9. The zero-order valence-electron chi connectivity index (χ0n) is 14.7. The zero-order chi connectivity index (χ0) is 17.7. The van der Waals surface area contributed by atoms with E-state index in [-0.39, 0.29) is 10.8 Å². The molecule has 1 aromatic rings. The Bertz CT molecular complexity index is 654. The van der Waals surface area contributed by atoms with Crippen LogP contribution < -0.4 is 0 Å². The molecule has 0 atom stereocenters. The first-order valence-corrected chi connectivity index (χ1v) is 9.81. The molecule has 2 rings (SSSR count). The lowest BCUT2D eigenvalue weighted by Gasteiger charge is -2.25. The summed E-state index contributed by atoms with van der Waals surface area (Å²) in [6.07, 6.45) is 3.61. The van der Waals surface area contributed by atoms with Gasteiger partial charge in [0.05, 0.1) is 12.7 Å². The van der Waals surface area contributed by atoms with Gasteiger partial charge in [-0.2, -0.15) is 9.40 Å². The highest BCUT2D eigenvalue weighted by atomic mass is 32.2. The van der Waals surface area contributed by atoms with Crippen molar-refractivity contribution in [3.63, 3.8) is 0 Å². The summed E-state index contributed by atoms with van der Waals surface area (Å²) in [5, 5.41) is 3.94. The Morgan fingerprint density at radius 1 is 1.21 bits per heavy atom. The second-order valence-electron chi connectivity index (χ2n) is 5.95. The van der Waals surface area contributed by atoms with Gasteiger partial charge in [0.1, 0.15) is 4.90 Å². The van der Waals surface area contributed by atoms with Crippen LogP contribution in [0, 0.1) is 0 Å². The maximum Gasteiger partial charge on any atom is 0.246 e. The second kappa shape index (κ2) is 8.09. The molecule has 8 nitrogen and oxygen atoms in total. The number of hydrogen-bond acceptors (Lipinski definition) is 5. The number of hydrogen-bond donors (Lipinski definition) is 0. The average Bonchev–Trinajstić information content (AvgIpc) is 2.84. The van der Waals surface area contributed by atoms with E-state index in [1.54, 1.807) is 11.9 Å². The van der Waals surface area contributed by atoms with Crippen molar-refractivity contribution in [3.05, 3.63) is 12.4 Å². The fourth-order valence-corrected chi connectivity index (χ4v) is 4.35. The number of amides is 1. The monoisotopic (exact) mass is 357 g/mol. The quantitative estimate of drug-likeness (QED) is 0.715. The van der Waals surface area contributed by atoms with Crippen molar-refractivity contribution in [2.24, 2.45) is 7.05 Å². The smallest absolute Gasteiger partial charge is 0.246 e. The maximum absolute atomic E-state index is 12.7. The molecule has 0 N–H and O–H groups in total. The normalized spacial score (nSPS) is 17.6. The van der Waals surface area contributed by atoms with Crippen molar-refractivity contribution in [2.75, 3.05) is 45.8 Å². The predicted molar refractivity (Wildman–Crippen MR) is 91.0 cm³/mol. The third-order valence-electron chi connectivity index (χ3n) is 4.34. The largest absolute Gasteiger partial charge is 0.342 e. The van der Waals surface area contributed by atoms with E-state index in [0.29, 0.717) is 45.7 Å². The van der Waals surface area contributed by atoms with Gasteiger partial charge in [0.2, 0.25) is 15.9 Å². The Morgan fingerprint density at radius 2 is 1.92 bits per heavy atom. The number of sulfonamides is 1. The van der Waals surface area contributed by atoms with Gasteiger partial charge in [-0.1, -0.05) is 0 Å². The molecule has 0 saturated carbocycles. The van der Waals surface area contributed by atoms with E-state index in [1.807, 2.05) is 18.7 Å². The molecule has 1 aliphatic rings. The molecule has 0 bridgehead atoms. The highest BCUT2D eigenvalue weighted by Gasteiger charge is 2.28. The van der Waals surface area contributed by atoms with Gasteiger partial charge < -0.3 is 4.90 Å². The van der Waals surface area contributed by atoms with Crippen molar-refractivity contribution >= 4 is 15.9 Å². The van der Waals surface area contributed by atoms with Gasteiger partial charge >= 0.3 is 0 Å². The Hall–Kier alpha value is -1.45. The molecule has 1 aromatic heterocycles. The highest BCUT2D eigenvalue weighted by Crippen LogP contribution is 2.17. The van der Waals surface area contributed by atoms with Crippen LogP contribution in [0.5, 0.6) is 0 Å². The summed E-state index contributed by atoms with van der Waals surface area (Å²) in [5.74, 6) is 0.101. The van der Waals surface area contributed by atoms with Gasteiger partial charge in [0.25, 0.3) is 0 Å². The van der Waals surface area contributed by atoms with E-state index in [4.69, 9.17) is 0 Å². The number of nitrogens with zero attached hydrogens (tertiary/aromatic N) is 5. The number of aryl methyl sites for hydroxylation is 1. The second-order valence-corrected chi connectivity index (χ2v) is 7.89. The van der Waals surface area contributed by atoms with Crippen LogP contribution in [0.1, 0.15) is 20.3 Å². The number of carbonyl (C=O) groups is 1. The molecule has 1 amide bonds. The Balaban J connectivity index is 1.99. The summed E-state index contributed by atoms with van der Waals surface area (Å²) < 4.78 is 28.3. The van der Waals surface area contributed by atoms with Crippen molar-refractivity contribution < 1.29 is 13.2 Å². The third-order valence-corrected chi connectivity index (χ3v) is 6.19. The van der Waals surface area contributed by atoms with Crippen molar-refractivity contribution in [1.29, 1.82) is 0 Å². The third kappa shape index (κ3) is 4.34. The first-order valence-electron chi connectivity index (χ1n) is 8.37. The molecule has 136 valence electrons. The van der Waals surface area contributed by atoms with E-state index in [9.17, 15) is 13.2 Å². The van der Waals surface area contributed by atoms with Crippen molar-refractivity contribution in [3.8, 4) is 0 Å². The molecule has 1 aliphatic heterocycles. The van der Waals surface area contributed by atoms with Crippen LogP contribution in [-0.2, 0) is 21.9 Å². The van der Waals surface area contributed by atoms with E-state index in [2.05, 4.69) is 5.10 Å². The van der Waals surface area contributed by atoms with E-state index >= 15 is 0 Å². The van der Waals surface area contributed by atoms with Gasteiger partial charge in [0.15, 0.2) is 0 Å². The minimum absolute atomic E-state index is 0.101. The summed E-state index contributed by atoms with van der Waals surface area (Å²) in [5.41, 5.74) is 0. The maximum atomic E-state index is 12.7. The minimum Gasteiger partial charge on any atom is -0.342 e. The standard InChI is InChI=1S/C15H27N5O3S/c1-4-19(5-2)15(21)13-18-7-6-8-20(10-9-18)24(22,23)14-11-16-17(3)12-14/h11-12H,4-10,13H2,1-3H3. The highest BCUT2D eigenvalue weighted by molar-refractivity contribution is 7.89. The molecule has 1 fully saturated rings. The fraction of sp³-hybridized carbons (Fsp3) is 0.733. The molecule has 0 unspecified atom stereocenters. The topological polar surface area (TPSA) is 78.8 Å². The number of aromatic nitrogens is 2. The lowest BCUT2D eigenvalue weighted by molar-refractivity contribution is -0.132. The van der Waals surface area contributed by atoms with Gasteiger partial charge in [-0.3, -0.25) is 14.4 Å². The Labute approximate surface area is 144 Å². The van der Waals surface area contributed by atoms with Crippen LogP contribution in [0.4, 0.5) is 0 Å². The molecule has 0 aromatic carbocycles. The summed E-state index contributed by atoms with van der Waals surface area (Å²) in [7, 11) is -1.82. The van der Waals surface area contributed by atoms with Crippen molar-refractivity contribution in [1.82, 2.24) is 23.9 Å². The molecule has 24 heavy (non-hydrogen) atoms. The Kier molecular flexibility index (Phi) is 6.36. The molecule has 2 heterocycles. The Morgan fingerprint density at radius 3 is 2.50 bits per heavy atom. The summed E-state index contributed by atoms with van der Waals surface area (Å²) >= 11 is 0. The van der Waals surface area contributed by atoms with Crippen LogP contribution in [0.3, 0.4) is 0 Å². The van der Waals surface area contributed by atoms with Gasteiger partial charge in [0, 0.05) is 46.0 Å². The summed E-state index contributed by atoms with van der Waals surface area (Å²) in [6.45, 7) is 7.82. The van der Waals surface area contributed by atoms with Gasteiger partial charge in [-0.05, 0) is 26.8 Å². The zero-order valence-corrected chi connectivity index (χ0v) is 15.5. The lowest BCUT2D eigenvalue weighted by Crippen LogP contribution is -2.42. The van der Waals surface area contributed by atoms with E-state index in [1.165, 1.54) is 21.4 Å². The van der Waals surface area contributed by atoms with Gasteiger partial charge in [-0.25, -0.2) is 8.42 Å². The molecule has 0 radical (unpaired) electrons. The molecular weight excluding hydrogens is 330 g/mol. The molecule has 0 spiro atoms. The average molecular weight is 357 g/mol. The fourth-order valence-electron chi connectivity index (χ4n) is 2.89. The van der Waals surface area contributed by atoms with Crippen LogP contribution in [0.2, 0.25) is 0 Å². The number of carbonyl (C=O) groups excluding carboxylic acids is 1. The lowest BCUT2D eigenvalue weighted by atomic mass is 10.3. The van der Waals surface area contributed by atoms with Crippen LogP contribution in [0.15, 0.2) is 17.3 Å². The van der Waals surface area contributed by atoms with Crippen LogP contribution in [-0.4, -0.2) is 84.0 Å². The summed E-state index contributed by atoms with van der Waals surface area (Å²) in [4.78, 5) is 16.3. The van der Waals surface area contributed by atoms with E-state index < -0.39 is 10.0 Å². The molecule has 1 saturated heterocycles.